The molecule has 0 radical (unpaired) electrons. The zero-order valence-corrected chi connectivity index (χ0v) is 16.0. The molecule has 4 rings (SSSR count). The molecule has 0 unspecified atom stereocenters. The number of thioether (sulfide) groups is 1. The number of nitrogens with two attached hydrogens (primary N) is 1. The largest absolute Gasteiger partial charge is 0.481 e. The Kier molecular flexibility index (Phi) is 6.34. The van der Waals surface area contributed by atoms with E-state index < -0.39 is 5.97 Å². The molecule has 1 aromatic heterocycles. The average molecular weight is 391 g/mol. The van der Waals surface area contributed by atoms with Crippen LogP contribution in [-0.2, 0) is 17.0 Å². The molecule has 0 fully saturated rings. The zero-order chi connectivity index (χ0) is 19.9. The van der Waals surface area contributed by atoms with Crippen LogP contribution in [0.3, 0.4) is 0 Å². The Hall–Kier alpha value is -3.25. The van der Waals surface area contributed by atoms with Gasteiger partial charge in [0.05, 0.1) is 6.42 Å². The third-order valence-electron chi connectivity index (χ3n) is 4.28. The van der Waals surface area contributed by atoms with Gasteiger partial charge in [-0.05, 0) is 28.0 Å². The molecule has 0 amide bonds. The Balaban J connectivity index is 0.000000162. The van der Waals surface area contributed by atoms with Gasteiger partial charge in [-0.3, -0.25) is 10.2 Å². The number of para-hydroxylation sites is 1. The third-order valence-corrected chi connectivity index (χ3v) is 5.05. The van der Waals surface area contributed by atoms with Gasteiger partial charge in [0, 0.05) is 22.9 Å². The van der Waals surface area contributed by atoms with Gasteiger partial charge in [0.25, 0.3) is 0 Å². The zero-order valence-electron chi connectivity index (χ0n) is 15.2. The molecule has 5 nitrogen and oxygen atoms in total. The van der Waals surface area contributed by atoms with Gasteiger partial charge in [0.2, 0.25) is 0 Å². The van der Waals surface area contributed by atoms with Crippen molar-refractivity contribution in [2.75, 3.05) is 0 Å². The standard InChI is InChI=1S/C12H12N2S.C10H9NO2/c13-12(14)15-8-10-6-3-5-9-4-1-2-7-11(9)10;12-10(13)5-7-6-11-9-4-2-1-3-8(7)9/h1-7H,8H2,(H3,13,14);1-4,6,11H,5H2,(H,12,13). The number of aliphatic carboxylic acids is 1. The van der Waals surface area contributed by atoms with E-state index >= 15 is 0 Å². The van der Waals surface area contributed by atoms with E-state index in [1.807, 2.05) is 42.5 Å². The molecule has 1 heterocycles. The maximum Gasteiger partial charge on any atom is 0.307 e. The number of benzene rings is 3. The molecule has 0 saturated carbocycles. The summed E-state index contributed by atoms with van der Waals surface area (Å²) in [6.45, 7) is 0. The van der Waals surface area contributed by atoms with Crippen LogP contribution in [0.25, 0.3) is 21.7 Å². The van der Waals surface area contributed by atoms with Gasteiger partial charge >= 0.3 is 5.97 Å². The molecule has 6 heteroatoms. The van der Waals surface area contributed by atoms with Crippen molar-refractivity contribution in [1.29, 1.82) is 5.41 Å². The average Bonchev–Trinajstić information content (AvgIpc) is 3.09. The smallest absolute Gasteiger partial charge is 0.307 e. The number of aromatic amines is 1. The Labute approximate surface area is 167 Å². The van der Waals surface area contributed by atoms with Crippen molar-refractivity contribution < 1.29 is 9.90 Å². The predicted octanol–water partition coefficient (Wildman–Crippen LogP) is 4.76. The van der Waals surface area contributed by atoms with Crippen LogP contribution in [0, 0.1) is 5.41 Å². The molecule has 0 aliphatic carbocycles. The molecule has 0 bridgehead atoms. The number of rotatable bonds is 4. The van der Waals surface area contributed by atoms with Crippen molar-refractivity contribution in [1.82, 2.24) is 4.98 Å². The highest BCUT2D eigenvalue weighted by Crippen LogP contribution is 2.22. The summed E-state index contributed by atoms with van der Waals surface area (Å²) in [7, 11) is 0. The molecular weight excluding hydrogens is 370 g/mol. The predicted molar refractivity (Wildman–Crippen MR) is 117 cm³/mol. The van der Waals surface area contributed by atoms with Crippen LogP contribution < -0.4 is 5.73 Å². The van der Waals surface area contributed by atoms with Gasteiger partial charge < -0.3 is 15.8 Å². The number of H-pyrrole nitrogens is 1. The number of nitrogens with one attached hydrogen (secondary N) is 2. The molecule has 5 N–H and O–H groups in total. The molecule has 142 valence electrons. The van der Waals surface area contributed by atoms with E-state index in [0.29, 0.717) is 0 Å². The van der Waals surface area contributed by atoms with Crippen LogP contribution in [0.2, 0.25) is 0 Å². The second kappa shape index (κ2) is 9.10. The molecule has 28 heavy (non-hydrogen) atoms. The van der Waals surface area contributed by atoms with Crippen LogP contribution in [0.4, 0.5) is 0 Å². The second-order valence-corrected chi connectivity index (χ2v) is 7.24. The van der Waals surface area contributed by atoms with E-state index in [2.05, 4.69) is 29.2 Å². The van der Waals surface area contributed by atoms with Crippen molar-refractivity contribution in [3.63, 3.8) is 0 Å². The number of carboxylic acids is 1. The maximum absolute atomic E-state index is 10.5. The highest BCUT2D eigenvalue weighted by atomic mass is 32.2. The van der Waals surface area contributed by atoms with E-state index in [4.69, 9.17) is 16.2 Å². The van der Waals surface area contributed by atoms with Gasteiger partial charge in [-0.2, -0.15) is 0 Å². The fraction of sp³-hybridized carbons (Fsp3) is 0.0909. The lowest BCUT2D eigenvalue weighted by atomic mass is 10.1. The number of aromatic nitrogens is 1. The first kappa shape index (κ1) is 19.5. The summed E-state index contributed by atoms with van der Waals surface area (Å²) >= 11 is 1.36. The van der Waals surface area contributed by atoms with Crippen LogP contribution in [-0.4, -0.2) is 21.2 Å². The van der Waals surface area contributed by atoms with E-state index in [-0.39, 0.29) is 11.6 Å². The Bertz CT molecular complexity index is 1120. The van der Waals surface area contributed by atoms with Gasteiger partial charge in [0.1, 0.15) is 0 Å². The second-order valence-electron chi connectivity index (χ2n) is 6.22. The summed E-state index contributed by atoms with van der Waals surface area (Å²) in [5.41, 5.74) is 8.38. The summed E-state index contributed by atoms with van der Waals surface area (Å²) in [5, 5.41) is 19.5. The first-order valence-electron chi connectivity index (χ1n) is 8.75. The Morgan fingerprint density at radius 3 is 2.39 bits per heavy atom. The lowest BCUT2D eigenvalue weighted by Gasteiger charge is -2.05. The van der Waals surface area contributed by atoms with E-state index in [9.17, 15) is 4.79 Å². The molecule has 0 atom stereocenters. The minimum atomic E-state index is -0.801. The quantitative estimate of drug-likeness (QED) is 0.297. The fourth-order valence-corrected chi connectivity index (χ4v) is 3.58. The minimum Gasteiger partial charge on any atom is -0.481 e. The van der Waals surface area contributed by atoms with Crippen molar-refractivity contribution in [2.45, 2.75) is 12.2 Å². The molecule has 0 aliphatic heterocycles. The number of fused-ring (bicyclic) bond motifs is 2. The number of amidine groups is 1. The van der Waals surface area contributed by atoms with Crippen molar-refractivity contribution in [2.24, 2.45) is 5.73 Å². The van der Waals surface area contributed by atoms with Crippen molar-refractivity contribution in [3.05, 3.63) is 84.1 Å². The van der Waals surface area contributed by atoms with Crippen LogP contribution in [0.5, 0.6) is 0 Å². The van der Waals surface area contributed by atoms with E-state index in [0.717, 1.165) is 22.2 Å². The number of hydrogen-bond donors (Lipinski definition) is 4. The van der Waals surface area contributed by atoms with Gasteiger partial charge in [-0.15, -0.1) is 0 Å². The summed E-state index contributed by atoms with van der Waals surface area (Å²) in [6, 6.07) is 22.2. The molecule has 0 spiro atoms. The molecule has 4 aromatic rings. The van der Waals surface area contributed by atoms with Crippen LogP contribution in [0.15, 0.2) is 72.9 Å². The van der Waals surface area contributed by atoms with Gasteiger partial charge in [0.15, 0.2) is 5.17 Å². The van der Waals surface area contributed by atoms with Crippen molar-refractivity contribution in [3.8, 4) is 0 Å². The van der Waals surface area contributed by atoms with Crippen LogP contribution >= 0.6 is 11.8 Å². The highest BCUT2D eigenvalue weighted by Gasteiger charge is 2.06. The maximum atomic E-state index is 10.5. The summed E-state index contributed by atoms with van der Waals surface area (Å²) < 4.78 is 0. The minimum absolute atomic E-state index is 0.0734. The van der Waals surface area contributed by atoms with Crippen LogP contribution in [0.1, 0.15) is 11.1 Å². The van der Waals surface area contributed by atoms with E-state index in [1.165, 1.54) is 28.1 Å². The molecule has 3 aromatic carbocycles. The molecular formula is C22H21N3O2S. The Morgan fingerprint density at radius 1 is 0.964 bits per heavy atom. The SMILES string of the molecule is N=C(N)SCc1cccc2ccccc12.O=C(O)Cc1c[nH]c2ccccc12. The first-order valence-corrected chi connectivity index (χ1v) is 9.73. The highest BCUT2D eigenvalue weighted by molar-refractivity contribution is 8.13. The summed E-state index contributed by atoms with van der Waals surface area (Å²) in [4.78, 5) is 13.5. The van der Waals surface area contributed by atoms with Gasteiger partial charge in [-0.25, -0.2) is 0 Å². The lowest BCUT2D eigenvalue weighted by molar-refractivity contribution is -0.136. The Morgan fingerprint density at radius 2 is 1.64 bits per heavy atom. The molecule has 0 aliphatic rings. The summed E-state index contributed by atoms with van der Waals surface area (Å²) in [6.07, 6.45) is 1.82. The topological polar surface area (TPSA) is 103 Å². The van der Waals surface area contributed by atoms with Gasteiger partial charge in [-0.1, -0.05) is 72.4 Å². The normalized spacial score (nSPS) is 10.4. The fourth-order valence-electron chi connectivity index (χ4n) is 3.01. The number of carbonyl (C=O) groups is 1. The van der Waals surface area contributed by atoms with E-state index in [1.54, 1.807) is 6.20 Å². The summed E-state index contributed by atoms with van der Waals surface area (Å²) in [5.74, 6) is -0.0406. The molecule has 0 saturated heterocycles. The van der Waals surface area contributed by atoms with Crippen molar-refractivity contribution >= 4 is 44.6 Å². The lowest BCUT2D eigenvalue weighted by Crippen LogP contribution is -2.03. The number of carboxylic acid groups (broad SMARTS) is 1. The first-order chi connectivity index (χ1) is 13.5. The number of hydrogen-bond acceptors (Lipinski definition) is 3. The third kappa shape index (κ3) is 4.92. The monoisotopic (exact) mass is 391 g/mol.